The molecule has 5 nitrogen and oxygen atoms in total. The summed E-state index contributed by atoms with van der Waals surface area (Å²) in [5.41, 5.74) is 1.56. The van der Waals surface area contributed by atoms with Gasteiger partial charge in [0.1, 0.15) is 5.69 Å². The second-order valence-electron chi connectivity index (χ2n) is 4.17. The number of aromatic nitrogens is 3. The topological polar surface area (TPSA) is 52.2 Å². The number of carbonyl (C=O) groups excluding carboxylic acids is 1. The van der Waals surface area contributed by atoms with E-state index in [9.17, 15) is 4.79 Å². The lowest BCUT2D eigenvalue weighted by molar-refractivity contribution is 0.0989. The van der Waals surface area contributed by atoms with Crippen LogP contribution in [0.3, 0.4) is 0 Å². The third-order valence-corrected chi connectivity index (χ3v) is 4.06. The van der Waals surface area contributed by atoms with E-state index >= 15 is 0 Å². The Labute approximate surface area is 113 Å². The first kappa shape index (κ1) is 11.9. The summed E-state index contributed by atoms with van der Waals surface area (Å²) in [6.07, 6.45) is 1.59. The molecule has 0 fully saturated rings. The number of carbonyl (C=O) groups is 1. The van der Waals surface area contributed by atoms with Crippen LogP contribution in [-0.2, 0) is 14.1 Å². The molecule has 2 heterocycles. The van der Waals surface area contributed by atoms with Gasteiger partial charge in [-0.15, -0.1) is 0 Å². The second-order valence-corrected chi connectivity index (χ2v) is 5.18. The Bertz CT molecular complexity index is 824. The van der Waals surface area contributed by atoms with E-state index in [1.807, 2.05) is 35.9 Å². The number of amides is 1. The molecule has 0 aliphatic heterocycles. The maximum Gasteiger partial charge on any atom is 0.297 e. The summed E-state index contributed by atoms with van der Waals surface area (Å²) in [5.74, 6) is -0.276. The zero-order chi connectivity index (χ0) is 13.4. The quantitative estimate of drug-likeness (QED) is 0.677. The lowest BCUT2D eigenvalue weighted by atomic mass is 10.3. The van der Waals surface area contributed by atoms with Crippen molar-refractivity contribution in [2.75, 3.05) is 0 Å². The van der Waals surface area contributed by atoms with Crippen LogP contribution in [-0.4, -0.2) is 20.3 Å². The fourth-order valence-corrected chi connectivity index (χ4v) is 2.93. The monoisotopic (exact) mass is 272 g/mol. The smallest absolute Gasteiger partial charge is 0.297 e. The molecule has 3 aromatic rings. The lowest BCUT2D eigenvalue weighted by Crippen LogP contribution is -2.14. The Morgan fingerprint density at radius 1 is 1.26 bits per heavy atom. The molecule has 19 heavy (non-hydrogen) atoms. The Hall–Kier alpha value is -2.21. The van der Waals surface area contributed by atoms with Crippen molar-refractivity contribution in [2.24, 2.45) is 19.1 Å². The lowest BCUT2D eigenvalue weighted by Gasteiger charge is -1.96. The molecule has 0 unspecified atom stereocenters. The van der Waals surface area contributed by atoms with Gasteiger partial charge >= 0.3 is 0 Å². The molecule has 6 heteroatoms. The highest BCUT2D eigenvalue weighted by Crippen LogP contribution is 2.15. The number of para-hydroxylation sites is 1. The average molecular weight is 272 g/mol. The van der Waals surface area contributed by atoms with Crippen LogP contribution in [0.2, 0.25) is 0 Å². The molecule has 0 N–H and O–H groups in total. The van der Waals surface area contributed by atoms with Gasteiger partial charge in [-0.3, -0.25) is 9.48 Å². The van der Waals surface area contributed by atoms with E-state index in [1.165, 1.54) is 16.0 Å². The molecule has 0 aliphatic rings. The number of rotatable bonds is 1. The molecule has 1 amide bonds. The van der Waals surface area contributed by atoms with Crippen molar-refractivity contribution in [2.45, 2.75) is 0 Å². The van der Waals surface area contributed by atoms with Crippen LogP contribution in [0.15, 0.2) is 41.5 Å². The Morgan fingerprint density at radius 3 is 2.74 bits per heavy atom. The Morgan fingerprint density at radius 2 is 2.05 bits per heavy atom. The third-order valence-electron chi connectivity index (χ3n) is 2.95. The molecule has 3 rings (SSSR count). The first-order chi connectivity index (χ1) is 9.16. The number of nitrogens with zero attached hydrogens (tertiary/aromatic N) is 4. The maximum atomic E-state index is 12.1. The number of hydrogen-bond acceptors (Lipinski definition) is 3. The molecule has 96 valence electrons. The van der Waals surface area contributed by atoms with Crippen molar-refractivity contribution < 1.29 is 4.79 Å². The van der Waals surface area contributed by atoms with Crippen molar-refractivity contribution >= 4 is 27.5 Å². The van der Waals surface area contributed by atoms with Crippen molar-refractivity contribution in [1.29, 1.82) is 0 Å². The molecular weight excluding hydrogens is 260 g/mol. The highest BCUT2D eigenvalue weighted by molar-refractivity contribution is 7.16. The number of hydrogen-bond donors (Lipinski definition) is 0. The molecule has 0 atom stereocenters. The Kier molecular flexibility index (Phi) is 2.79. The second kappa shape index (κ2) is 4.47. The summed E-state index contributed by atoms with van der Waals surface area (Å²) >= 11 is 1.50. The zero-order valence-corrected chi connectivity index (χ0v) is 11.4. The summed E-state index contributed by atoms with van der Waals surface area (Å²) in [5, 5.41) is 3.98. The van der Waals surface area contributed by atoms with Crippen LogP contribution in [0, 0.1) is 0 Å². The molecule has 1 aromatic carbocycles. The number of benzene rings is 1. The fraction of sp³-hybridized carbons (Fsp3) is 0.154. The van der Waals surface area contributed by atoms with Gasteiger partial charge in [0.2, 0.25) is 0 Å². The van der Waals surface area contributed by atoms with E-state index in [0.717, 1.165) is 10.2 Å². The minimum atomic E-state index is -0.276. The zero-order valence-electron chi connectivity index (χ0n) is 10.6. The molecule has 0 saturated carbocycles. The van der Waals surface area contributed by atoms with Gasteiger partial charge in [0.15, 0.2) is 4.80 Å². The third kappa shape index (κ3) is 2.00. The number of aryl methyl sites for hydroxylation is 2. The number of thiazole rings is 1. The van der Waals surface area contributed by atoms with Crippen LogP contribution in [0.5, 0.6) is 0 Å². The molecule has 0 saturated heterocycles. The highest BCUT2D eigenvalue weighted by Gasteiger charge is 2.09. The van der Waals surface area contributed by atoms with Gasteiger partial charge in [-0.1, -0.05) is 23.5 Å². The van der Waals surface area contributed by atoms with Crippen molar-refractivity contribution in [3.63, 3.8) is 0 Å². The molecule has 0 spiro atoms. The van der Waals surface area contributed by atoms with Crippen LogP contribution >= 0.6 is 11.3 Å². The molecular formula is C13H12N4OS. The maximum absolute atomic E-state index is 12.1. The van der Waals surface area contributed by atoms with Gasteiger partial charge in [0, 0.05) is 20.3 Å². The van der Waals surface area contributed by atoms with Gasteiger partial charge < -0.3 is 4.57 Å². The summed E-state index contributed by atoms with van der Waals surface area (Å²) in [4.78, 5) is 17.0. The van der Waals surface area contributed by atoms with Crippen LogP contribution in [0.25, 0.3) is 10.2 Å². The fourth-order valence-electron chi connectivity index (χ4n) is 1.92. The Balaban J connectivity index is 2.14. The standard InChI is InChI=1S/C13H12N4OS/c1-16-9-5-3-4-6-11(9)19-13(16)15-12(18)10-7-8-14-17(10)2/h3-8H,1-2H3. The minimum absolute atomic E-state index is 0.276. The van der Waals surface area contributed by atoms with Gasteiger partial charge in [0.05, 0.1) is 10.2 Å². The van der Waals surface area contributed by atoms with Gasteiger partial charge in [-0.05, 0) is 18.2 Å². The van der Waals surface area contributed by atoms with Crippen molar-refractivity contribution in [1.82, 2.24) is 14.3 Å². The van der Waals surface area contributed by atoms with Crippen LogP contribution < -0.4 is 4.80 Å². The molecule has 0 bridgehead atoms. The first-order valence-corrected chi connectivity index (χ1v) is 6.60. The summed E-state index contributed by atoms with van der Waals surface area (Å²) < 4.78 is 4.56. The van der Waals surface area contributed by atoms with Crippen molar-refractivity contribution in [3.8, 4) is 0 Å². The van der Waals surface area contributed by atoms with E-state index in [-0.39, 0.29) is 5.91 Å². The summed E-state index contributed by atoms with van der Waals surface area (Å²) in [6.45, 7) is 0. The molecule has 0 radical (unpaired) electrons. The molecule has 0 aliphatic carbocycles. The van der Waals surface area contributed by atoms with E-state index in [1.54, 1.807) is 19.3 Å². The first-order valence-electron chi connectivity index (χ1n) is 5.78. The highest BCUT2D eigenvalue weighted by atomic mass is 32.1. The molecule has 2 aromatic heterocycles. The van der Waals surface area contributed by atoms with E-state index in [4.69, 9.17) is 0 Å². The van der Waals surface area contributed by atoms with Crippen LogP contribution in [0.4, 0.5) is 0 Å². The van der Waals surface area contributed by atoms with E-state index in [0.29, 0.717) is 10.5 Å². The van der Waals surface area contributed by atoms with Crippen molar-refractivity contribution in [3.05, 3.63) is 47.0 Å². The van der Waals surface area contributed by atoms with E-state index < -0.39 is 0 Å². The predicted octanol–water partition coefficient (Wildman–Crippen LogP) is 1.71. The van der Waals surface area contributed by atoms with Gasteiger partial charge in [0.25, 0.3) is 5.91 Å². The van der Waals surface area contributed by atoms with Crippen LogP contribution in [0.1, 0.15) is 10.5 Å². The number of fused-ring (bicyclic) bond motifs is 1. The largest absolute Gasteiger partial charge is 0.319 e. The van der Waals surface area contributed by atoms with E-state index in [2.05, 4.69) is 10.1 Å². The predicted molar refractivity (Wildman–Crippen MR) is 73.9 cm³/mol. The normalized spacial score (nSPS) is 12.2. The summed E-state index contributed by atoms with van der Waals surface area (Å²) in [7, 11) is 3.64. The SMILES string of the molecule is Cn1nccc1C(=O)N=c1sc2ccccc2n1C. The van der Waals surface area contributed by atoms with Gasteiger partial charge in [-0.2, -0.15) is 10.1 Å². The minimum Gasteiger partial charge on any atom is -0.319 e. The average Bonchev–Trinajstić information content (AvgIpc) is 2.95. The van der Waals surface area contributed by atoms with Gasteiger partial charge in [-0.25, -0.2) is 0 Å². The summed E-state index contributed by atoms with van der Waals surface area (Å²) in [6, 6.07) is 9.65.